The van der Waals surface area contributed by atoms with Gasteiger partial charge in [-0.3, -0.25) is 14.4 Å². The number of hydrogen-bond donors (Lipinski definition) is 4. The number of carbonyl (C=O) groups is 3. The van der Waals surface area contributed by atoms with E-state index in [0.29, 0.717) is 52.5 Å². The summed E-state index contributed by atoms with van der Waals surface area (Å²) < 4.78 is 4.81. The summed E-state index contributed by atoms with van der Waals surface area (Å²) in [7, 11) is 1.31. The van der Waals surface area contributed by atoms with E-state index in [1.165, 1.54) is 7.11 Å². The third-order valence-corrected chi connectivity index (χ3v) is 7.15. The van der Waals surface area contributed by atoms with Crippen molar-refractivity contribution in [3.05, 3.63) is 95.1 Å². The first-order chi connectivity index (χ1) is 19.9. The zero-order valence-electron chi connectivity index (χ0n) is 22.7. The lowest BCUT2D eigenvalue weighted by Gasteiger charge is -2.29. The average Bonchev–Trinajstić information content (AvgIpc) is 3.33. The van der Waals surface area contributed by atoms with Crippen molar-refractivity contribution in [2.45, 2.75) is 18.9 Å². The van der Waals surface area contributed by atoms with E-state index in [2.05, 4.69) is 21.0 Å². The molecule has 0 unspecified atom stereocenters. The minimum Gasteiger partial charge on any atom is -0.465 e. The van der Waals surface area contributed by atoms with Crippen molar-refractivity contribution in [3.8, 4) is 0 Å². The maximum absolute atomic E-state index is 13.2. The van der Waals surface area contributed by atoms with Crippen LogP contribution < -0.4 is 16.1 Å². The van der Waals surface area contributed by atoms with Gasteiger partial charge in [-0.1, -0.05) is 36.4 Å². The molecule has 10 nitrogen and oxygen atoms in total. The van der Waals surface area contributed by atoms with Crippen LogP contribution in [-0.4, -0.2) is 67.2 Å². The number of hydrogen-bond acceptors (Lipinski definition) is 8. The molecular weight excluding hydrogens is 524 g/mol. The van der Waals surface area contributed by atoms with Gasteiger partial charge in [-0.05, 0) is 54.8 Å². The Hall–Kier alpha value is -4.51. The monoisotopic (exact) mass is 556 g/mol. The van der Waals surface area contributed by atoms with E-state index in [0.717, 1.165) is 31.5 Å². The lowest BCUT2D eigenvalue weighted by molar-refractivity contribution is -0.110. The average molecular weight is 557 g/mol. The van der Waals surface area contributed by atoms with E-state index in [4.69, 9.17) is 9.57 Å². The van der Waals surface area contributed by atoms with Gasteiger partial charge >= 0.3 is 5.97 Å². The molecule has 0 spiro atoms. The number of aliphatic hydroxyl groups excluding tert-OH is 1. The lowest BCUT2D eigenvalue weighted by Crippen LogP contribution is -2.38. The number of esters is 1. The molecule has 3 aromatic carbocycles. The first kappa shape index (κ1) is 28.0. The fraction of sp³-hybridized carbons (Fsp3) is 0.258. The van der Waals surface area contributed by atoms with Gasteiger partial charge in [0, 0.05) is 36.4 Å². The fourth-order valence-corrected chi connectivity index (χ4v) is 4.89. The number of benzene rings is 3. The molecule has 0 bridgehead atoms. The van der Waals surface area contributed by atoms with Gasteiger partial charge in [0.2, 0.25) is 0 Å². The van der Waals surface area contributed by atoms with Crippen molar-refractivity contribution in [2.24, 2.45) is 0 Å². The number of hydroxylamine groups is 1. The van der Waals surface area contributed by atoms with Crippen LogP contribution in [0.25, 0.3) is 11.3 Å². The Bertz CT molecular complexity index is 1450. The number of ether oxygens (including phenoxy) is 1. The first-order valence-electron chi connectivity index (χ1n) is 13.5. The van der Waals surface area contributed by atoms with Gasteiger partial charge in [0.05, 0.1) is 42.3 Å². The van der Waals surface area contributed by atoms with Crippen molar-refractivity contribution in [3.63, 3.8) is 0 Å². The van der Waals surface area contributed by atoms with E-state index in [9.17, 15) is 19.5 Å². The standard InChI is InChI=1S/C31H32N4O6/c1-40-31(39)22-9-12-25-26(19-22)33-30(38)27(25)28(20-5-3-2-4-6-20)32-23-10-7-21(8-11-23)29(37)34-41-18-17-35-15-13-24(36)14-16-35/h2-12,19,24,32,36H,13-18H2,1H3,(H,33,38)(H,34,37)/b28-27-. The van der Waals surface area contributed by atoms with Crippen molar-refractivity contribution >= 4 is 40.4 Å². The number of methoxy groups -OCH3 is 1. The molecule has 0 radical (unpaired) electrons. The number of piperidine rings is 1. The lowest BCUT2D eigenvalue weighted by atomic mass is 9.99. The van der Waals surface area contributed by atoms with Crippen LogP contribution in [0.5, 0.6) is 0 Å². The summed E-state index contributed by atoms with van der Waals surface area (Å²) in [5.74, 6) is -1.15. The highest BCUT2D eigenvalue weighted by atomic mass is 16.7. The zero-order chi connectivity index (χ0) is 28.8. The Morgan fingerprint density at radius 2 is 1.68 bits per heavy atom. The van der Waals surface area contributed by atoms with Crippen LogP contribution in [0.4, 0.5) is 11.4 Å². The molecule has 2 amide bonds. The second-order valence-electron chi connectivity index (χ2n) is 9.88. The molecule has 1 saturated heterocycles. The highest BCUT2D eigenvalue weighted by Gasteiger charge is 2.29. The van der Waals surface area contributed by atoms with Gasteiger partial charge in [0.25, 0.3) is 11.8 Å². The van der Waals surface area contributed by atoms with Crippen LogP contribution in [-0.2, 0) is 14.4 Å². The molecule has 0 atom stereocenters. The number of fused-ring (bicyclic) bond motifs is 1. The second-order valence-corrected chi connectivity index (χ2v) is 9.88. The molecular formula is C31H32N4O6. The predicted octanol–water partition coefficient (Wildman–Crippen LogP) is 3.52. The Kier molecular flexibility index (Phi) is 8.73. The minimum absolute atomic E-state index is 0.225. The number of nitrogens with zero attached hydrogens (tertiary/aromatic N) is 1. The molecule has 41 heavy (non-hydrogen) atoms. The van der Waals surface area contributed by atoms with Gasteiger partial charge in [-0.2, -0.15) is 0 Å². The molecule has 212 valence electrons. The molecule has 0 saturated carbocycles. The number of nitrogens with one attached hydrogen (secondary N) is 3. The fourth-order valence-electron chi connectivity index (χ4n) is 4.89. The molecule has 0 aromatic heterocycles. The van der Waals surface area contributed by atoms with Crippen LogP contribution in [0, 0.1) is 0 Å². The summed E-state index contributed by atoms with van der Waals surface area (Å²) in [6.07, 6.45) is 1.28. The van der Waals surface area contributed by atoms with Gasteiger partial charge in [-0.25, -0.2) is 10.3 Å². The summed E-state index contributed by atoms with van der Waals surface area (Å²) in [5.41, 5.74) is 6.90. The Morgan fingerprint density at radius 3 is 2.39 bits per heavy atom. The van der Waals surface area contributed by atoms with Crippen LogP contribution in [0.2, 0.25) is 0 Å². The summed E-state index contributed by atoms with van der Waals surface area (Å²) in [6, 6.07) is 21.3. The largest absolute Gasteiger partial charge is 0.465 e. The normalized spacial score (nSPS) is 16.5. The topological polar surface area (TPSA) is 129 Å². The van der Waals surface area contributed by atoms with Crippen LogP contribution in [0.3, 0.4) is 0 Å². The molecule has 2 aliphatic rings. The summed E-state index contributed by atoms with van der Waals surface area (Å²) in [4.78, 5) is 45.3. The number of rotatable bonds is 9. The predicted molar refractivity (Wildman–Crippen MR) is 155 cm³/mol. The van der Waals surface area contributed by atoms with Crippen molar-refractivity contribution < 1.29 is 29.1 Å². The maximum Gasteiger partial charge on any atom is 0.337 e. The van der Waals surface area contributed by atoms with E-state index >= 15 is 0 Å². The smallest absolute Gasteiger partial charge is 0.337 e. The second kappa shape index (κ2) is 12.8. The highest BCUT2D eigenvalue weighted by Crippen LogP contribution is 2.38. The van der Waals surface area contributed by atoms with Crippen LogP contribution in [0.15, 0.2) is 72.8 Å². The van der Waals surface area contributed by atoms with Gasteiger partial charge in [0.15, 0.2) is 0 Å². The van der Waals surface area contributed by atoms with Crippen LogP contribution >= 0.6 is 0 Å². The third kappa shape index (κ3) is 6.63. The van der Waals surface area contributed by atoms with E-state index in [1.54, 1.807) is 42.5 Å². The highest BCUT2D eigenvalue weighted by molar-refractivity contribution is 6.37. The summed E-state index contributed by atoms with van der Waals surface area (Å²) >= 11 is 0. The quantitative estimate of drug-likeness (QED) is 0.136. The molecule has 2 heterocycles. The Morgan fingerprint density at radius 1 is 0.976 bits per heavy atom. The number of likely N-dealkylation sites (tertiary alicyclic amines) is 1. The zero-order valence-corrected chi connectivity index (χ0v) is 22.7. The van der Waals surface area contributed by atoms with Gasteiger partial charge < -0.3 is 25.4 Å². The molecule has 1 fully saturated rings. The molecule has 0 aliphatic carbocycles. The van der Waals surface area contributed by atoms with E-state index in [1.807, 2.05) is 30.3 Å². The SMILES string of the molecule is COC(=O)c1ccc2c(c1)NC(=O)/C2=C(\Nc1ccc(C(=O)NOCCN2CCC(O)CC2)cc1)c1ccccc1. The van der Waals surface area contributed by atoms with E-state index in [-0.39, 0.29) is 17.9 Å². The first-order valence-corrected chi connectivity index (χ1v) is 13.5. The van der Waals surface area contributed by atoms with E-state index < -0.39 is 5.97 Å². The summed E-state index contributed by atoms with van der Waals surface area (Å²) in [6.45, 7) is 2.65. The van der Waals surface area contributed by atoms with Crippen molar-refractivity contribution in [2.75, 3.05) is 44.0 Å². The number of amides is 2. The Balaban J connectivity index is 1.30. The molecule has 2 aliphatic heterocycles. The molecule has 3 aromatic rings. The van der Waals surface area contributed by atoms with Gasteiger partial charge in [-0.15, -0.1) is 0 Å². The minimum atomic E-state index is -0.488. The molecule has 5 rings (SSSR count). The van der Waals surface area contributed by atoms with Crippen molar-refractivity contribution in [1.82, 2.24) is 10.4 Å². The molecule has 10 heteroatoms. The number of carbonyl (C=O) groups excluding carboxylic acids is 3. The third-order valence-electron chi connectivity index (χ3n) is 7.15. The van der Waals surface area contributed by atoms with Gasteiger partial charge in [0.1, 0.15) is 0 Å². The number of anilines is 2. The van der Waals surface area contributed by atoms with Crippen LogP contribution in [0.1, 0.15) is 44.7 Å². The molecule has 4 N–H and O–H groups in total. The summed E-state index contributed by atoms with van der Waals surface area (Å²) in [5, 5.41) is 15.8. The van der Waals surface area contributed by atoms with Crippen molar-refractivity contribution in [1.29, 1.82) is 0 Å². The maximum atomic E-state index is 13.2. The Labute approximate surface area is 237 Å². The number of aliphatic hydroxyl groups is 1.